The van der Waals surface area contributed by atoms with Gasteiger partial charge in [0.2, 0.25) is 0 Å². The van der Waals surface area contributed by atoms with E-state index in [-0.39, 0.29) is 5.46 Å². The summed E-state index contributed by atoms with van der Waals surface area (Å²) in [5.74, 6) is -1.26. The third-order valence-corrected chi connectivity index (χ3v) is 1.43. The fourth-order valence-corrected chi connectivity index (χ4v) is 0.818. The number of alkyl halides is 3. The Morgan fingerprint density at radius 2 is 2.00 bits per heavy atom. The molecule has 0 saturated carbocycles. The van der Waals surface area contributed by atoms with Gasteiger partial charge >= 0.3 is 13.5 Å². The summed E-state index contributed by atoms with van der Waals surface area (Å²) in [6, 6.07) is 0.750. The van der Waals surface area contributed by atoms with Gasteiger partial charge in [-0.3, -0.25) is 0 Å². The second kappa shape index (κ2) is 3.95. The quantitative estimate of drug-likeness (QED) is 0.572. The summed E-state index contributed by atoms with van der Waals surface area (Å²) in [5, 5.41) is 17.4. The first kappa shape index (κ1) is 11.6. The standard InChI is InChI=1S/C6H6BF3N2O3/c8-6(9,10)15-4-1-3(7(13)14)2-12-5(4)11/h1-2,13-14H,(H2,11,12). The molecule has 9 heteroatoms. The van der Waals surface area contributed by atoms with Gasteiger partial charge in [0.15, 0.2) is 11.6 Å². The topological polar surface area (TPSA) is 88.6 Å². The molecule has 1 rings (SSSR count). The van der Waals surface area contributed by atoms with Gasteiger partial charge < -0.3 is 20.5 Å². The molecule has 0 fully saturated rings. The fraction of sp³-hybridized carbons (Fsp3) is 0.167. The Balaban J connectivity index is 3.01. The first-order valence-corrected chi connectivity index (χ1v) is 3.67. The van der Waals surface area contributed by atoms with Gasteiger partial charge in [0.05, 0.1) is 0 Å². The van der Waals surface area contributed by atoms with Gasteiger partial charge in [0, 0.05) is 11.7 Å². The van der Waals surface area contributed by atoms with Crippen molar-refractivity contribution in [1.82, 2.24) is 4.98 Å². The molecule has 82 valence electrons. The molecule has 0 aromatic carbocycles. The fourth-order valence-electron chi connectivity index (χ4n) is 0.818. The number of hydrogen-bond acceptors (Lipinski definition) is 5. The maximum atomic E-state index is 11.8. The summed E-state index contributed by atoms with van der Waals surface area (Å²) < 4.78 is 39.0. The summed E-state index contributed by atoms with van der Waals surface area (Å²) >= 11 is 0. The molecule has 0 amide bonds. The Bertz CT molecular complexity index is 358. The lowest BCUT2D eigenvalue weighted by molar-refractivity contribution is -0.274. The highest BCUT2D eigenvalue weighted by molar-refractivity contribution is 6.58. The van der Waals surface area contributed by atoms with E-state index in [0.29, 0.717) is 0 Å². The SMILES string of the molecule is Nc1ncc(B(O)O)cc1OC(F)(F)F. The number of rotatable bonds is 2. The van der Waals surface area contributed by atoms with Gasteiger partial charge in [-0.1, -0.05) is 0 Å². The molecule has 0 bridgehead atoms. The van der Waals surface area contributed by atoms with Crippen LogP contribution in [0.25, 0.3) is 0 Å². The Morgan fingerprint density at radius 3 is 2.47 bits per heavy atom. The van der Waals surface area contributed by atoms with Crippen LogP contribution in [0.4, 0.5) is 19.0 Å². The van der Waals surface area contributed by atoms with Gasteiger partial charge in [-0.2, -0.15) is 0 Å². The zero-order valence-electron chi connectivity index (χ0n) is 7.19. The molecule has 15 heavy (non-hydrogen) atoms. The van der Waals surface area contributed by atoms with Crippen LogP contribution in [-0.4, -0.2) is 28.5 Å². The smallest absolute Gasteiger partial charge is 0.423 e. The van der Waals surface area contributed by atoms with Crippen molar-refractivity contribution in [2.75, 3.05) is 5.73 Å². The minimum atomic E-state index is -4.91. The van der Waals surface area contributed by atoms with E-state index >= 15 is 0 Å². The zero-order chi connectivity index (χ0) is 11.6. The minimum Gasteiger partial charge on any atom is -0.423 e. The van der Waals surface area contributed by atoms with E-state index in [2.05, 4.69) is 9.72 Å². The number of nitrogens with zero attached hydrogens (tertiary/aromatic N) is 1. The molecule has 0 aliphatic carbocycles. The van der Waals surface area contributed by atoms with Crippen molar-refractivity contribution in [1.29, 1.82) is 0 Å². The molecule has 1 heterocycles. The maximum absolute atomic E-state index is 11.8. The van der Waals surface area contributed by atoms with Crippen LogP contribution < -0.4 is 15.9 Å². The maximum Gasteiger partial charge on any atom is 0.573 e. The lowest BCUT2D eigenvalue weighted by atomic mass is 9.81. The summed E-state index contributed by atoms with van der Waals surface area (Å²) in [7, 11) is -1.94. The van der Waals surface area contributed by atoms with Crippen LogP contribution in [0.5, 0.6) is 5.75 Å². The highest BCUT2D eigenvalue weighted by Crippen LogP contribution is 2.25. The number of halogens is 3. The van der Waals surface area contributed by atoms with Crippen LogP contribution in [0.3, 0.4) is 0 Å². The molecule has 0 aliphatic rings. The Kier molecular flexibility index (Phi) is 3.05. The molecule has 4 N–H and O–H groups in total. The molecular weight excluding hydrogens is 216 g/mol. The Hall–Kier alpha value is -1.48. The van der Waals surface area contributed by atoms with Crippen LogP contribution in [0, 0.1) is 0 Å². The summed E-state index contributed by atoms with van der Waals surface area (Å²) in [6.45, 7) is 0. The predicted octanol–water partition coefficient (Wildman–Crippen LogP) is -0.758. The molecule has 5 nitrogen and oxygen atoms in total. The number of anilines is 1. The van der Waals surface area contributed by atoms with E-state index in [4.69, 9.17) is 15.8 Å². The number of ether oxygens (including phenoxy) is 1. The monoisotopic (exact) mass is 222 g/mol. The van der Waals surface area contributed by atoms with Gasteiger partial charge in [-0.15, -0.1) is 13.2 Å². The number of nitrogens with two attached hydrogens (primary N) is 1. The minimum absolute atomic E-state index is 0.247. The van der Waals surface area contributed by atoms with Crippen molar-refractivity contribution in [2.24, 2.45) is 0 Å². The average Bonchev–Trinajstić information content (AvgIpc) is 2.06. The summed E-state index contributed by atoms with van der Waals surface area (Å²) in [5.41, 5.74) is 4.85. The summed E-state index contributed by atoms with van der Waals surface area (Å²) in [4.78, 5) is 3.32. The van der Waals surface area contributed by atoms with E-state index in [1.807, 2.05) is 0 Å². The van der Waals surface area contributed by atoms with Crippen molar-refractivity contribution in [3.05, 3.63) is 12.3 Å². The molecule has 0 radical (unpaired) electrons. The third kappa shape index (κ3) is 3.29. The van der Waals surface area contributed by atoms with E-state index in [9.17, 15) is 13.2 Å². The Morgan fingerprint density at radius 1 is 1.40 bits per heavy atom. The van der Waals surface area contributed by atoms with Gasteiger partial charge in [0.1, 0.15) is 0 Å². The van der Waals surface area contributed by atoms with Crippen molar-refractivity contribution < 1.29 is 28.0 Å². The van der Waals surface area contributed by atoms with Crippen LogP contribution in [0.2, 0.25) is 0 Å². The molecule has 0 spiro atoms. The van der Waals surface area contributed by atoms with Crippen LogP contribution in [0.1, 0.15) is 0 Å². The molecule has 1 aromatic heterocycles. The highest BCUT2D eigenvalue weighted by atomic mass is 19.4. The highest BCUT2D eigenvalue weighted by Gasteiger charge is 2.32. The van der Waals surface area contributed by atoms with Crippen LogP contribution >= 0.6 is 0 Å². The predicted molar refractivity (Wildman–Crippen MR) is 45.2 cm³/mol. The summed E-state index contributed by atoms with van der Waals surface area (Å²) in [6.07, 6.45) is -3.97. The van der Waals surface area contributed by atoms with E-state index in [0.717, 1.165) is 12.3 Å². The number of hydrogen-bond donors (Lipinski definition) is 3. The molecule has 0 saturated heterocycles. The van der Waals surface area contributed by atoms with Crippen molar-refractivity contribution in [2.45, 2.75) is 6.36 Å². The van der Waals surface area contributed by atoms with Crippen molar-refractivity contribution in [3.8, 4) is 5.75 Å². The first-order chi connectivity index (χ1) is 6.79. The number of nitrogen functional groups attached to an aromatic ring is 1. The number of pyridine rings is 1. The lowest BCUT2D eigenvalue weighted by Gasteiger charge is -2.11. The molecule has 0 aliphatic heterocycles. The third-order valence-electron chi connectivity index (χ3n) is 1.43. The Labute approximate surface area is 82.4 Å². The zero-order valence-corrected chi connectivity index (χ0v) is 7.19. The average molecular weight is 222 g/mol. The largest absolute Gasteiger partial charge is 0.573 e. The van der Waals surface area contributed by atoms with Crippen LogP contribution in [0.15, 0.2) is 12.3 Å². The van der Waals surface area contributed by atoms with E-state index in [1.165, 1.54) is 0 Å². The number of aromatic nitrogens is 1. The molecule has 0 atom stereocenters. The second-order valence-electron chi connectivity index (χ2n) is 2.57. The molecule has 0 unspecified atom stereocenters. The van der Waals surface area contributed by atoms with Gasteiger partial charge in [-0.05, 0) is 6.07 Å². The van der Waals surface area contributed by atoms with Crippen LogP contribution in [-0.2, 0) is 0 Å². The van der Waals surface area contributed by atoms with E-state index in [1.54, 1.807) is 0 Å². The molecular formula is C6H6BF3N2O3. The first-order valence-electron chi connectivity index (χ1n) is 3.67. The molecule has 1 aromatic rings. The van der Waals surface area contributed by atoms with Crippen molar-refractivity contribution in [3.63, 3.8) is 0 Å². The van der Waals surface area contributed by atoms with Gasteiger partial charge in [-0.25, -0.2) is 4.98 Å². The second-order valence-corrected chi connectivity index (χ2v) is 2.57. The van der Waals surface area contributed by atoms with Crippen molar-refractivity contribution >= 4 is 18.4 Å². The normalized spacial score (nSPS) is 11.3. The van der Waals surface area contributed by atoms with Gasteiger partial charge in [0.25, 0.3) is 0 Å². The lowest BCUT2D eigenvalue weighted by Crippen LogP contribution is -2.31. The van der Waals surface area contributed by atoms with E-state index < -0.39 is 25.0 Å².